The van der Waals surface area contributed by atoms with E-state index in [1.54, 1.807) is 6.07 Å². The Morgan fingerprint density at radius 2 is 1.50 bits per heavy atom. The number of carbonyl (C=O) groups excluding carboxylic acids is 2. The van der Waals surface area contributed by atoms with E-state index in [2.05, 4.69) is 0 Å². The molecule has 1 fully saturated rings. The van der Waals surface area contributed by atoms with Crippen LogP contribution >= 0.6 is 23.2 Å². The number of carbonyl (C=O) groups is 2. The minimum atomic E-state index is -5.11. The van der Waals surface area contributed by atoms with E-state index in [-0.39, 0.29) is 35.6 Å². The van der Waals surface area contributed by atoms with Crippen molar-refractivity contribution < 1.29 is 41.0 Å². The van der Waals surface area contributed by atoms with Gasteiger partial charge in [-0.05, 0) is 56.2 Å². The highest BCUT2D eigenvalue weighted by molar-refractivity contribution is 6.42. The largest absolute Gasteiger partial charge is 0.416 e. The van der Waals surface area contributed by atoms with E-state index in [0.717, 1.165) is 4.90 Å². The van der Waals surface area contributed by atoms with Crippen molar-refractivity contribution in [2.45, 2.75) is 50.2 Å². The molecule has 0 saturated carbocycles. The van der Waals surface area contributed by atoms with E-state index in [1.165, 1.54) is 37.9 Å². The van der Waals surface area contributed by atoms with Gasteiger partial charge in [0.05, 0.1) is 21.2 Å². The lowest BCUT2D eigenvalue weighted by atomic mass is 9.84. The summed E-state index contributed by atoms with van der Waals surface area (Å²) in [6.07, 6.45) is -10.1. The second-order valence-electron chi connectivity index (χ2n) is 9.66. The number of hydrogen-bond donors (Lipinski definition) is 1. The van der Waals surface area contributed by atoms with Gasteiger partial charge in [0, 0.05) is 37.7 Å². The molecule has 0 bridgehead atoms. The second-order valence-corrected chi connectivity index (χ2v) is 10.5. The van der Waals surface area contributed by atoms with Crippen LogP contribution in [-0.4, -0.2) is 58.5 Å². The first-order chi connectivity index (χ1) is 17.3. The molecule has 0 spiro atoms. The number of likely N-dealkylation sites (tertiary alicyclic amines) is 1. The van der Waals surface area contributed by atoms with Crippen LogP contribution in [0.1, 0.15) is 53.2 Å². The molecular formula is C25H24Cl2F6N2O3. The maximum Gasteiger partial charge on any atom is 0.416 e. The first kappa shape index (κ1) is 30.0. The summed E-state index contributed by atoms with van der Waals surface area (Å²) in [6.45, 7) is 2.72. The smallest absolute Gasteiger partial charge is 0.381 e. The third-order valence-electron chi connectivity index (χ3n) is 6.41. The molecule has 13 heteroatoms. The highest BCUT2D eigenvalue weighted by Gasteiger charge is 2.41. The van der Waals surface area contributed by atoms with Crippen LogP contribution in [0.4, 0.5) is 26.3 Å². The maximum absolute atomic E-state index is 13.4. The zero-order chi connectivity index (χ0) is 28.8. The van der Waals surface area contributed by atoms with Crippen molar-refractivity contribution in [2.24, 2.45) is 0 Å². The van der Waals surface area contributed by atoms with Gasteiger partial charge in [0.25, 0.3) is 11.8 Å². The Balaban J connectivity index is 2.03. The van der Waals surface area contributed by atoms with E-state index in [4.69, 9.17) is 23.2 Å². The summed E-state index contributed by atoms with van der Waals surface area (Å²) in [6, 6.07) is 4.60. The molecule has 1 aliphatic heterocycles. The summed E-state index contributed by atoms with van der Waals surface area (Å²) in [5.74, 6) is -2.28. The van der Waals surface area contributed by atoms with Crippen molar-refractivity contribution in [3.63, 3.8) is 0 Å². The molecule has 208 valence electrons. The summed E-state index contributed by atoms with van der Waals surface area (Å²) in [5, 5.41) is 10.6. The molecule has 1 saturated heterocycles. The van der Waals surface area contributed by atoms with Gasteiger partial charge >= 0.3 is 12.4 Å². The fourth-order valence-electron chi connectivity index (χ4n) is 4.48. The van der Waals surface area contributed by atoms with Crippen molar-refractivity contribution in [1.29, 1.82) is 0 Å². The molecule has 5 nitrogen and oxygen atoms in total. The predicted octanol–water partition coefficient (Wildman–Crippen LogP) is 6.26. The lowest BCUT2D eigenvalue weighted by Gasteiger charge is -2.44. The molecular weight excluding hydrogens is 561 g/mol. The molecule has 1 aliphatic rings. The molecule has 2 aromatic rings. The summed E-state index contributed by atoms with van der Waals surface area (Å²) in [4.78, 5) is 28.5. The highest BCUT2D eigenvalue weighted by atomic mass is 35.5. The Morgan fingerprint density at radius 1 is 0.947 bits per heavy atom. The molecule has 3 rings (SSSR count). The average molecular weight is 585 g/mol. The summed E-state index contributed by atoms with van der Waals surface area (Å²) in [7, 11) is 1.28. The fraction of sp³-hybridized carbons (Fsp3) is 0.440. The van der Waals surface area contributed by atoms with Gasteiger partial charge < -0.3 is 14.9 Å². The van der Waals surface area contributed by atoms with Gasteiger partial charge in [0.1, 0.15) is 5.60 Å². The highest BCUT2D eigenvalue weighted by Crippen LogP contribution is 2.38. The van der Waals surface area contributed by atoms with E-state index >= 15 is 0 Å². The Morgan fingerprint density at radius 3 is 1.97 bits per heavy atom. The number of piperidine rings is 1. The van der Waals surface area contributed by atoms with Gasteiger partial charge in [-0.15, -0.1) is 0 Å². The molecule has 1 N–H and O–H groups in total. The van der Waals surface area contributed by atoms with Crippen LogP contribution in [0.5, 0.6) is 0 Å². The van der Waals surface area contributed by atoms with Gasteiger partial charge in [-0.3, -0.25) is 9.59 Å². The third-order valence-corrected chi connectivity index (χ3v) is 7.15. The van der Waals surface area contributed by atoms with E-state index in [0.29, 0.717) is 17.7 Å². The van der Waals surface area contributed by atoms with Gasteiger partial charge in [-0.1, -0.05) is 29.3 Å². The summed E-state index contributed by atoms with van der Waals surface area (Å²) in [5.41, 5.74) is -5.13. The topological polar surface area (TPSA) is 60.9 Å². The number of rotatable bonds is 4. The minimum absolute atomic E-state index is 0.000533. The monoisotopic (exact) mass is 584 g/mol. The Hall–Kier alpha value is -2.50. The van der Waals surface area contributed by atoms with Crippen LogP contribution in [0.3, 0.4) is 0 Å². The van der Waals surface area contributed by atoms with Crippen LogP contribution in [0.15, 0.2) is 36.4 Å². The standard InChI is InChI=1S/C25H24Cl2F6N2O3/c1-23(2,38)22(37)35-7-6-20(17(12-35)13-4-5-18(26)19(27)10-13)34(3)21(36)14-8-15(24(28,29)30)11-16(9-14)25(31,32)33/h4-5,8-11,17,20,38H,6-7,12H2,1-3H3/t17-,20+/m0/s1. The first-order valence-corrected chi connectivity index (χ1v) is 12.1. The minimum Gasteiger partial charge on any atom is -0.381 e. The SMILES string of the molecule is CN(C(=O)c1cc(C(F)(F)F)cc(C(F)(F)F)c1)[C@@H]1CCN(C(=O)C(C)(C)O)C[C@H]1c1ccc(Cl)c(Cl)c1. The molecule has 0 unspecified atom stereocenters. The molecule has 38 heavy (non-hydrogen) atoms. The van der Waals surface area contributed by atoms with Crippen LogP contribution in [-0.2, 0) is 17.1 Å². The van der Waals surface area contributed by atoms with Gasteiger partial charge in [0.15, 0.2) is 0 Å². The molecule has 2 atom stereocenters. The number of hydrogen-bond acceptors (Lipinski definition) is 3. The Kier molecular flexibility index (Phi) is 8.36. The lowest BCUT2D eigenvalue weighted by Crippen LogP contribution is -2.55. The van der Waals surface area contributed by atoms with Crippen molar-refractivity contribution >= 4 is 35.0 Å². The fourth-order valence-corrected chi connectivity index (χ4v) is 4.78. The average Bonchev–Trinajstić information content (AvgIpc) is 2.82. The zero-order valence-electron chi connectivity index (χ0n) is 20.4. The number of aliphatic hydroxyl groups is 1. The normalized spacial score (nSPS) is 18.9. The molecule has 0 aliphatic carbocycles. The van der Waals surface area contributed by atoms with Crippen LogP contribution in [0.2, 0.25) is 10.0 Å². The molecule has 0 radical (unpaired) electrons. The van der Waals surface area contributed by atoms with Crippen LogP contribution < -0.4 is 0 Å². The van der Waals surface area contributed by atoms with Gasteiger partial charge in [-0.25, -0.2) is 0 Å². The molecule has 0 aromatic heterocycles. The summed E-state index contributed by atoms with van der Waals surface area (Å²) >= 11 is 12.2. The molecule has 1 heterocycles. The molecule has 2 amide bonds. The Bertz CT molecular complexity index is 1190. The number of halogens is 8. The number of amides is 2. The van der Waals surface area contributed by atoms with E-state index < -0.39 is 58.4 Å². The lowest BCUT2D eigenvalue weighted by molar-refractivity contribution is -0.149. The predicted molar refractivity (Wildman–Crippen MR) is 129 cm³/mol. The van der Waals surface area contributed by atoms with Crippen LogP contribution in [0, 0.1) is 0 Å². The van der Waals surface area contributed by atoms with Crippen molar-refractivity contribution in [3.05, 3.63) is 68.7 Å². The number of benzene rings is 2. The zero-order valence-corrected chi connectivity index (χ0v) is 21.9. The maximum atomic E-state index is 13.4. The number of nitrogens with zero attached hydrogens (tertiary/aromatic N) is 2. The van der Waals surface area contributed by atoms with Crippen LogP contribution in [0.25, 0.3) is 0 Å². The van der Waals surface area contributed by atoms with E-state index in [1.807, 2.05) is 0 Å². The number of alkyl halides is 6. The van der Waals surface area contributed by atoms with Crippen molar-refractivity contribution in [2.75, 3.05) is 20.1 Å². The number of likely N-dealkylation sites (N-methyl/N-ethyl adjacent to an activating group) is 1. The van der Waals surface area contributed by atoms with Gasteiger partial charge in [-0.2, -0.15) is 26.3 Å². The van der Waals surface area contributed by atoms with Gasteiger partial charge in [0.2, 0.25) is 0 Å². The Labute approximate surface area is 224 Å². The quantitative estimate of drug-likeness (QED) is 0.432. The summed E-state index contributed by atoms with van der Waals surface area (Å²) < 4.78 is 80.1. The third kappa shape index (κ3) is 6.55. The molecule has 2 aromatic carbocycles. The second kappa shape index (κ2) is 10.6. The first-order valence-electron chi connectivity index (χ1n) is 11.3. The van der Waals surface area contributed by atoms with Crippen molar-refractivity contribution in [1.82, 2.24) is 9.80 Å². The van der Waals surface area contributed by atoms with E-state index in [9.17, 15) is 41.0 Å². The van der Waals surface area contributed by atoms with Crippen molar-refractivity contribution in [3.8, 4) is 0 Å².